The van der Waals surface area contributed by atoms with Crippen LogP contribution in [0.5, 0.6) is 0 Å². The van der Waals surface area contributed by atoms with Crippen LogP contribution in [-0.2, 0) is 0 Å². The molecule has 110 valence electrons. The smallest absolute Gasteiger partial charge is 0.0414 e. The second kappa shape index (κ2) is 12.1. The molecule has 0 aromatic heterocycles. The third-order valence-corrected chi connectivity index (χ3v) is 5.03. The molecular weight excluding hydrogens is 216 g/mol. The molecule has 0 saturated heterocycles. The molecule has 0 spiro atoms. The van der Waals surface area contributed by atoms with Crippen molar-refractivity contribution in [2.24, 2.45) is 17.8 Å². The normalized spacial score (nSPS) is 13.5. The topological polar surface area (TPSA) is 0 Å². The Hall–Kier alpha value is 0. The van der Waals surface area contributed by atoms with Crippen LogP contribution in [0.1, 0.15) is 98.8 Å². The summed E-state index contributed by atoms with van der Waals surface area (Å²) in [6.07, 6.45) is 14.3. The second-order valence-electron chi connectivity index (χ2n) is 6.16. The number of rotatable bonds is 12. The van der Waals surface area contributed by atoms with E-state index in [1.165, 1.54) is 64.2 Å². The van der Waals surface area contributed by atoms with Gasteiger partial charge < -0.3 is 0 Å². The summed E-state index contributed by atoms with van der Waals surface area (Å²) in [6.45, 7) is 11.8. The van der Waals surface area contributed by atoms with E-state index in [-0.39, 0.29) is 0 Å². The highest BCUT2D eigenvalue weighted by molar-refractivity contribution is 4.65. The molecule has 0 aromatic carbocycles. The molecule has 0 aliphatic heterocycles. The minimum atomic E-state index is 0.981. The van der Waals surface area contributed by atoms with E-state index in [1.54, 1.807) is 0 Å². The number of hydrogen-bond acceptors (Lipinski definition) is 0. The average Bonchev–Trinajstić information content (AvgIpc) is 2.42. The highest BCUT2D eigenvalue weighted by atomic mass is 14.2. The fourth-order valence-electron chi connectivity index (χ4n) is 3.15. The van der Waals surface area contributed by atoms with Crippen molar-refractivity contribution in [2.45, 2.75) is 98.8 Å². The van der Waals surface area contributed by atoms with Gasteiger partial charge in [0.2, 0.25) is 0 Å². The summed E-state index contributed by atoms with van der Waals surface area (Å²) < 4.78 is 0. The molecule has 0 saturated carbocycles. The SMILES string of the molecule is CCC(CC)CCCCC(CC)CC(CC)CC. The van der Waals surface area contributed by atoms with Gasteiger partial charge >= 0.3 is 0 Å². The van der Waals surface area contributed by atoms with Crippen molar-refractivity contribution in [3.05, 3.63) is 0 Å². The van der Waals surface area contributed by atoms with Crippen LogP contribution < -0.4 is 0 Å². The van der Waals surface area contributed by atoms with Crippen molar-refractivity contribution < 1.29 is 0 Å². The van der Waals surface area contributed by atoms with Crippen molar-refractivity contribution in [2.75, 3.05) is 0 Å². The molecule has 0 rings (SSSR count). The molecule has 1 unspecified atom stereocenters. The van der Waals surface area contributed by atoms with Crippen LogP contribution in [0.15, 0.2) is 0 Å². The number of unbranched alkanes of at least 4 members (excludes halogenated alkanes) is 1. The first-order valence-electron chi connectivity index (χ1n) is 8.71. The Morgan fingerprint density at radius 1 is 0.500 bits per heavy atom. The van der Waals surface area contributed by atoms with Gasteiger partial charge in [0.15, 0.2) is 0 Å². The summed E-state index contributed by atoms with van der Waals surface area (Å²) in [7, 11) is 0. The monoisotopic (exact) mass is 254 g/mol. The molecule has 0 radical (unpaired) electrons. The summed E-state index contributed by atoms with van der Waals surface area (Å²) in [4.78, 5) is 0. The second-order valence-corrected chi connectivity index (χ2v) is 6.16. The highest BCUT2D eigenvalue weighted by Gasteiger charge is 2.12. The summed E-state index contributed by atoms with van der Waals surface area (Å²) in [5, 5.41) is 0. The fourth-order valence-corrected chi connectivity index (χ4v) is 3.15. The Kier molecular flexibility index (Phi) is 12.1. The fraction of sp³-hybridized carbons (Fsp3) is 1.00. The average molecular weight is 255 g/mol. The van der Waals surface area contributed by atoms with Gasteiger partial charge in [-0.25, -0.2) is 0 Å². The lowest BCUT2D eigenvalue weighted by atomic mass is 9.85. The van der Waals surface area contributed by atoms with Crippen LogP contribution in [0, 0.1) is 17.8 Å². The van der Waals surface area contributed by atoms with E-state index in [4.69, 9.17) is 0 Å². The van der Waals surface area contributed by atoms with Crippen molar-refractivity contribution >= 4 is 0 Å². The maximum atomic E-state index is 2.38. The van der Waals surface area contributed by atoms with Crippen LogP contribution in [-0.4, -0.2) is 0 Å². The molecule has 0 aromatic rings. The Labute approximate surface area is 117 Å². The van der Waals surface area contributed by atoms with E-state index >= 15 is 0 Å². The van der Waals surface area contributed by atoms with Gasteiger partial charge in [0, 0.05) is 0 Å². The van der Waals surface area contributed by atoms with E-state index in [9.17, 15) is 0 Å². The van der Waals surface area contributed by atoms with Crippen LogP contribution in [0.25, 0.3) is 0 Å². The Balaban J connectivity index is 3.73. The first-order chi connectivity index (χ1) is 8.71. The van der Waals surface area contributed by atoms with Crippen LogP contribution in [0.3, 0.4) is 0 Å². The molecule has 0 heteroatoms. The highest BCUT2D eigenvalue weighted by Crippen LogP contribution is 2.26. The molecular formula is C18H38. The molecule has 0 bridgehead atoms. The van der Waals surface area contributed by atoms with Gasteiger partial charge in [-0.15, -0.1) is 0 Å². The van der Waals surface area contributed by atoms with E-state index in [0.29, 0.717) is 0 Å². The Morgan fingerprint density at radius 3 is 1.28 bits per heavy atom. The van der Waals surface area contributed by atoms with Gasteiger partial charge in [0.25, 0.3) is 0 Å². The van der Waals surface area contributed by atoms with Gasteiger partial charge in [-0.1, -0.05) is 92.4 Å². The summed E-state index contributed by atoms with van der Waals surface area (Å²) >= 11 is 0. The van der Waals surface area contributed by atoms with Crippen molar-refractivity contribution in [3.8, 4) is 0 Å². The zero-order chi connectivity index (χ0) is 13.8. The zero-order valence-electron chi connectivity index (χ0n) is 13.8. The summed E-state index contributed by atoms with van der Waals surface area (Å²) in [5.74, 6) is 2.97. The zero-order valence-corrected chi connectivity index (χ0v) is 13.8. The van der Waals surface area contributed by atoms with E-state index in [2.05, 4.69) is 34.6 Å². The minimum Gasteiger partial charge on any atom is -0.0651 e. The largest absolute Gasteiger partial charge is 0.0651 e. The third kappa shape index (κ3) is 8.16. The minimum absolute atomic E-state index is 0.981. The molecule has 0 nitrogen and oxygen atoms in total. The molecule has 0 amide bonds. The third-order valence-electron chi connectivity index (χ3n) is 5.03. The first-order valence-corrected chi connectivity index (χ1v) is 8.71. The molecule has 0 aliphatic carbocycles. The lowest BCUT2D eigenvalue weighted by molar-refractivity contribution is 0.316. The lowest BCUT2D eigenvalue weighted by Crippen LogP contribution is -2.07. The summed E-state index contributed by atoms with van der Waals surface area (Å²) in [6, 6.07) is 0. The van der Waals surface area contributed by atoms with Crippen molar-refractivity contribution in [3.63, 3.8) is 0 Å². The van der Waals surface area contributed by atoms with Gasteiger partial charge in [-0.2, -0.15) is 0 Å². The van der Waals surface area contributed by atoms with Crippen molar-refractivity contribution in [1.29, 1.82) is 0 Å². The summed E-state index contributed by atoms with van der Waals surface area (Å²) in [5.41, 5.74) is 0. The maximum Gasteiger partial charge on any atom is -0.0414 e. The predicted octanol–water partition coefficient (Wildman–Crippen LogP) is 6.84. The Bertz CT molecular complexity index is 153. The lowest BCUT2D eigenvalue weighted by Gasteiger charge is -2.21. The van der Waals surface area contributed by atoms with Crippen molar-refractivity contribution in [1.82, 2.24) is 0 Å². The molecule has 1 atom stereocenters. The molecule has 0 aliphatic rings. The number of hydrogen-bond donors (Lipinski definition) is 0. The van der Waals surface area contributed by atoms with Gasteiger partial charge in [-0.3, -0.25) is 0 Å². The van der Waals surface area contributed by atoms with Gasteiger partial charge in [0.1, 0.15) is 0 Å². The Morgan fingerprint density at radius 2 is 0.889 bits per heavy atom. The maximum absolute atomic E-state index is 2.38. The standard InChI is InChI=1S/C18H38/c1-6-16(7-2)13-11-12-14-18(10-5)15-17(8-3)9-4/h16-18H,6-15H2,1-5H3. The van der Waals surface area contributed by atoms with Crippen LogP contribution >= 0.6 is 0 Å². The van der Waals surface area contributed by atoms with Gasteiger partial charge in [-0.05, 0) is 24.2 Å². The van der Waals surface area contributed by atoms with E-state index in [0.717, 1.165) is 17.8 Å². The van der Waals surface area contributed by atoms with E-state index < -0.39 is 0 Å². The predicted molar refractivity (Wildman–Crippen MR) is 85.0 cm³/mol. The molecule has 0 N–H and O–H groups in total. The van der Waals surface area contributed by atoms with Crippen LogP contribution in [0.2, 0.25) is 0 Å². The quantitative estimate of drug-likeness (QED) is 0.335. The first kappa shape index (κ1) is 18.0. The van der Waals surface area contributed by atoms with Gasteiger partial charge in [0.05, 0.1) is 0 Å². The van der Waals surface area contributed by atoms with E-state index in [1.807, 2.05) is 0 Å². The van der Waals surface area contributed by atoms with Crippen LogP contribution in [0.4, 0.5) is 0 Å². The molecule has 0 fully saturated rings. The molecule has 18 heavy (non-hydrogen) atoms. The molecule has 0 heterocycles.